The van der Waals surface area contributed by atoms with Crippen LogP contribution in [0.3, 0.4) is 0 Å². The molecule has 1 heterocycles. The lowest BCUT2D eigenvalue weighted by atomic mass is 9.98. The highest BCUT2D eigenvalue weighted by Crippen LogP contribution is 2.46. The van der Waals surface area contributed by atoms with E-state index in [4.69, 9.17) is 0 Å². The summed E-state index contributed by atoms with van der Waals surface area (Å²) in [7, 11) is 0. The van der Waals surface area contributed by atoms with Crippen molar-refractivity contribution < 1.29 is 9.59 Å². The Morgan fingerprint density at radius 3 is 2.04 bits per heavy atom. The summed E-state index contributed by atoms with van der Waals surface area (Å²) < 4.78 is 0. The van der Waals surface area contributed by atoms with Crippen LogP contribution in [0.25, 0.3) is 11.1 Å². The van der Waals surface area contributed by atoms with Crippen molar-refractivity contribution in [2.75, 3.05) is 26.2 Å². The number of nitrogens with zero attached hydrogens (tertiary/aromatic N) is 2. The highest BCUT2D eigenvalue weighted by molar-refractivity contribution is 5.95. The largest absolute Gasteiger partial charge is 0.339 e. The summed E-state index contributed by atoms with van der Waals surface area (Å²) in [6.07, 6.45) is 2.00. The van der Waals surface area contributed by atoms with Crippen LogP contribution in [0.2, 0.25) is 0 Å². The van der Waals surface area contributed by atoms with Crippen LogP contribution in [-0.4, -0.2) is 47.8 Å². The maximum atomic E-state index is 12.9. The first-order valence-electron chi connectivity index (χ1n) is 10.1. The number of piperazine rings is 1. The van der Waals surface area contributed by atoms with Crippen LogP contribution in [0.4, 0.5) is 0 Å². The molecule has 0 N–H and O–H groups in total. The van der Waals surface area contributed by atoms with Gasteiger partial charge in [0.25, 0.3) is 5.91 Å². The SMILES string of the molecule is Cc1ccc(-c2ccc(C(=O)N3CCN(C(=O)C4(C)CC4)CC3)cc2)c(C)c1. The van der Waals surface area contributed by atoms with Crippen molar-refractivity contribution in [1.29, 1.82) is 0 Å². The fourth-order valence-electron chi connectivity index (χ4n) is 4.01. The zero-order valence-electron chi connectivity index (χ0n) is 17.0. The summed E-state index contributed by atoms with van der Waals surface area (Å²) in [6.45, 7) is 8.76. The fraction of sp³-hybridized carbons (Fsp3) is 0.417. The second kappa shape index (κ2) is 7.08. The van der Waals surface area contributed by atoms with Crippen LogP contribution >= 0.6 is 0 Å². The normalized spacial score (nSPS) is 18.1. The molecule has 2 aromatic rings. The lowest BCUT2D eigenvalue weighted by Gasteiger charge is -2.36. The lowest BCUT2D eigenvalue weighted by Crippen LogP contribution is -2.52. The predicted octanol–water partition coefficient (Wildman–Crippen LogP) is 4.05. The van der Waals surface area contributed by atoms with Gasteiger partial charge in [-0.05, 0) is 55.5 Å². The Hall–Kier alpha value is -2.62. The molecule has 28 heavy (non-hydrogen) atoms. The minimum atomic E-state index is -0.129. The Labute approximate surface area is 167 Å². The molecule has 0 unspecified atom stereocenters. The average molecular weight is 377 g/mol. The van der Waals surface area contributed by atoms with Crippen LogP contribution in [0.5, 0.6) is 0 Å². The van der Waals surface area contributed by atoms with Crippen LogP contribution in [0.15, 0.2) is 42.5 Å². The molecular weight excluding hydrogens is 348 g/mol. The number of hydrogen-bond donors (Lipinski definition) is 0. The zero-order chi connectivity index (χ0) is 19.9. The standard InChI is InChI=1S/C24H28N2O2/c1-17-4-9-21(18(2)16-17)19-5-7-20(8-6-19)22(27)25-12-14-26(15-13-25)23(28)24(3)10-11-24/h4-9,16H,10-15H2,1-3H3. The fourth-order valence-corrected chi connectivity index (χ4v) is 4.01. The van der Waals surface area contributed by atoms with Crippen molar-refractivity contribution in [2.45, 2.75) is 33.6 Å². The molecular formula is C24H28N2O2. The van der Waals surface area contributed by atoms with Gasteiger partial charge in [0.2, 0.25) is 5.91 Å². The summed E-state index contributed by atoms with van der Waals surface area (Å²) in [5, 5.41) is 0. The second-order valence-corrected chi connectivity index (χ2v) is 8.54. The highest BCUT2D eigenvalue weighted by atomic mass is 16.2. The highest BCUT2D eigenvalue weighted by Gasteiger charge is 2.47. The molecule has 0 bridgehead atoms. The van der Waals surface area contributed by atoms with Gasteiger partial charge in [-0.3, -0.25) is 9.59 Å². The van der Waals surface area contributed by atoms with Crippen molar-refractivity contribution in [3.8, 4) is 11.1 Å². The van der Waals surface area contributed by atoms with E-state index in [0.29, 0.717) is 31.7 Å². The third-order valence-corrected chi connectivity index (χ3v) is 6.20. The topological polar surface area (TPSA) is 40.6 Å². The molecule has 2 amide bonds. The summed E-state index contributed by atoms with van der Waals surface area (Å²) in [5.41, 5.74) is 5.40. The van der Waals surface area contributed by atoms with Crippen molar-refractivity contribution in [1.82, 2.24) is 9.80 Å². The van der Waals surface area contributed by atoms with Crippen molar-refractivity contribution >= 4 is 11.8 Å². The van der Waals surface area contributed by atoms with Gasteiger partial charge in [0.05, 0.1) is 0 Å². The van der Waals surface area contributed by atoms with Gasteiger partial charge in [0.1, 0.15) is 0 Å². The summed E-state index contributed by atoms with van der Waals surface area (Å²) in [5.74, 6) is 0.314. The quantitative estimate of drug-likeness (QED) is 0.811. The molecule has 4 rings (SSSR count). The van der Waals surface area contributed by atoms with Gasteiger partial charge in [-0.15, -0.1) is 0 Å². The predicted molar refractivity (Wildman–Crippen MR) is 111 cm³/mol. The molecule has 1 aliphatic heterocycles. The molecule has 2 fully saturated rings. The van der Waals surface area contributed by atoms with Crippen LogP contribution in [-0.2, 0) is 4.79 Å². The number of hydrogen-bond acceptors (Lipinski definition) is 2. The van der Waals surface area contributed by atoms with E-state index in [2.05, 4.69) is 32.0 Å². The maximum absolute atomic E-state index is 12.9. The van der Waals surface area contributed by atoms with E-state index in [-0.39, 0.29) is 17.2 Å². The van der Waals surface area contributed by atoms with E-state index >= 15 is 0 Å². The number of aryl methyl sites for hydroxylation is 2. The van der Waals surface area contributed by atoms with Crippen molar-refractivity contribution in [2.24, 2.45) is 5.41 Å². The first-order chi connectivity index (χ1) is 13.4. The Balaban J connectivity index is 1.41. The van der Waals surface area contributed by atoms with Crippen molar-refractivity contribution in [3.05, 3.63) is 59.2 Å². The summed E-state index contributed by atoms with van der Waals surface area (Å²) in [4.78, 5) is 29.1. The van der Waals surface area contributed by atoms with Crippen LogP contribution in [0, 0.1) is 19.3 Å². The van der Waals surface area contributed by atoms with Gasteiger partial charge < -0.3 is 9.80 Å². The average Bonchev–Trinajstić information content (AvgIpc) is 3.46. The number of amides is 2. The Morgan fingerprint density at radius 2 is 1.46 bits per heavy atom. The summed E-state index contributed by atoms with van der Waals surface area (Å²) >= 11 is 0. The maximum Gasteiger partial charge on any atom is 0.253 e. The lowest BCUT2D eigenvalue weighted by molar-refractivity contribution is -0.137. The van der Waals surface area contributed by atoms with Crippen LogP contribution in [0.1, 0.15) is 41.3 Å². The second-order valence-electron chi connectivity index (χ2n) is 8.54. The first kappa shape index (κ1) is 18.7. The molecule has 2 aromatic carbocycles. The van der Waals surface area contributed by atoms with Gasteiger partial charge in [-0.25, -0.2) is 0 Å². The van der Waals surface area contributed by atoms with E-state index in [0.717, 1.165) is 18.4 Å². The molecule has 0 atom stereocenters. The van der Waals surface area contributed by atoms with E-state index in [9.17, 15) is 9.59 Å². The monoisotopic (exact) mass is 376 g/mol. The Kier molecular flexibility index (Phi) is 4.74. The molecule has 1 aliphatic carbocycles. The molecule has 0 aromatic heterocycles. The first-order valence-corrected chi connectivity index (χ1v) is 10.1. The third-order valence-electron chi connectivity index (χ3n) is 6.20. The van der Waals surface area contributed by atoms with E-state index in [1.165, 1.54) is 16.7 Å². The molecule has 4 nitrogen and oxygen atoms in total. The Morgan fingerprint density at radius 1 is 0.857 bits per heavy atom. The number of benzene rings is 2. The molecule has 2 aliphatic rings. The number of carbonyl (C=O) groups excluding carboxylic acids is 2. The van der Waals surface area contributed by atoms with Gasteiger partial charge in [-0.2, -0.15) is 0 Å². The van der Waals surface area contributed by atoms with Gasteiger partial charge in [0, 0.05) is 37.2 Å². The molecule has 4 heteroatoms. The van der Waals surface area contributed by atoms with Crippen LogP contribution < -0.4 is 0 Å². The van der Waals surface area contributed by atoms with E-state index in [1.54, 1.807) is 0 Å². The molecule has 146 valence electrons. The van der Waals surface area contributed by atoms with Crippen molar-refractivity contribution in [3.63, 3.8) is 0 Å². The minimum Gasteiger partial charge on any atom is -0.339 e. The van der Waals surface area contributed by atoms with Gasteiger partial charge in [0.15, 0.2) is 0 Å². The molecule has 1 saturated heterocycles. The van der Waals surface area contributed by atoms with Gasteiger partial charge in [-0.1, -0.05) is 42.8 Å². The molecule has 0 radical (unpaired) electrons. The van der Waals surface area contributed by atoms with E-state index < -0.39 is 0 Å². The number of rotatable bonds is 3. The Bertz CT molecular complexity index is 905. The van der Waals surface area contributed by atoms with Gasteiger partial charge >= 0.3 is 0 Å². The molecule has 0 spiro atoms. The smallest absolute Gasteiger partial charge is 0.253 e. The molecule has 1 saturated carbocycles. The van der Waals surface area contributed by atoms with E-state index in [1.807, 2.05) is 41.0 Å². The number of carbonyl (C=O) groups is 2. The minimum absolute atomic E-state index is 0.0527. The summed E-state index contributed by atoms with van der Waals surface area (Å²) in [6, 6.07) is 14.3. The third kappa shape index (κ3) is 3.56. The zero-order valence-corrected chi connectivity index (χ0v) is 17.0.